The second-order valence-electron chi connectivity index (χ2n) is 32.8. The van der Waals surface area contributed by atoms with Crippen LogP contribution >= 0.6 is 0 Å². The fraction of sp³-hybridized carbons (Fsp3) is 0. The lowest BCUT2D eigenvalue weighted by molar-refractivity contribution is 1.18. The number of hydrogen-bond acceptors (Lipinski definition) is 0. The Labute approximate surface area is 715 Å². The highest BCUT2D eigenvalue weighted by Crippen LogP contribution is 2.50. The molecule has 576 valence electrons. The van der Waals surface area contributed by atoms with E-state index in [-0.39, 0.29) is 0 Å². The van der Waals surface area contributed by atoms with Gasteiger partial charge in [-0.05, 0) is 235 Å². The lowest BCUT2D eigenvalue weighted by Crippen LogP contribution is -1.96. The Morgan fingerprint density at radius 3 is 0.726 bits per heavy atom. The molecule has 0 unspecified atom stereocenters. The fourth-order valence-electron chi connectivity index (χ4n) is 20.9. The topological polar surface area (TPSA) is 19.7 Å². The van der Waals surface area contributed by atoms with Crippen LogP contribution in [0.15, 0.2) is 461 Å². The van der Waals surface area contributed by atoms with Crippen LogP contribution in [0.1, 0.15) is 0 Å². The van der Waals surface area contributed by atoms with Crippen molar-refractivity contribution in [3.05, 3.63) is 461 Å². The lowest BCUT2D eigenvalue weighted by Gasteiger charge is -2.18. The number of para-hydroxylation sites is 6. The summed E-state index contributed by atoms with van der Waals surface area (Å²) < 4.78 is 9.74. The van der Waals surface area contributed by atoms with Crippen LogP contribution in [0.5, 0.6) is 0 Å². The van der Waals surface area contributed by atoms with Gasteiger partial charge in [0, 0.05) is 65.8 Å². The monoisotopic (exact) mass is 1570 g/mol. The minimum absolute atomic E-state index is 1.13. The standard InChI is InChI=1S/2C60H38N2/c1-3-17-39(18-4-1)58-48-24-9-11-26-50(48)59(51-27-12-10-25-49(51)58)40-31-34-43(35-32-40)62-55-30-16-14-28-52(55)60-47-23-8-7-21-44(47)53(38-57(60)62)41-33-36-46-45-22-13-15-29-54(45)61(56(46)37-41)42-19-5-2-6-20-42;1-3-17-39(18-4-1)58-47-24-9-11-26-49(47)59(50-27-12-10-25-48(50)58)40-31-34-43(35-32-40)62-55-30-16-14-28-51(55)60-46-23-8-7-21-44(46)52(38-57(60)62)41-33-36-56-53(37-41)45-22-13-15-29-54(45)61(56)42-19-5-2-6-20-42/h2*1-38H. The Hall–Kier alpha value is -16.4. The van der Waals surface area contributed by atoms with Gasteiger partial charge >= 0.3 is 0 Å². The van der Waals surface area contributed by atoms with E-state index < -0.39 is 0 Å². The van der Waals surface area contributed by atoms with E-state index in [1.54, 1.807) is 0 Å². The van der Waals surface area contributed by atoms with E-state index in [1.165, 1.54) is 224 Å². The molecule has 26 aromatic rings. The normalized spacial score (nSPS) is 11.9. The maximum Gasteiger partial charge on any atom is 0.0553 e. The molecule has 0 aliphatic heterocycles. The first-order valence-corrected chi connectivity index (χ1v) is 42.9. The molecular formula is C120H76N4. The number of benzene rings is 22. The van der Waals surface area contributed by atoms with Crippen LogP contribution in [0.4, 0.5) is 0 Å². The van der Waals surface area contributed by atoms with Crippen molar-refractivity contribution in [1.29, 1.82) is 0 Å². The third-order valence-corrected chi connectivity index (χ3v) is 26.2. The Kier molecular flexibility index (Phi) is 16.3. The third-order valence-electron chi connectivity index (χ3n) is 26.2. The Morgan fingerprint density at radius 1 is 0.113 bits per heavy atom. The first kappa shape index (κ1) is 70.6. The maximum atomic E-state index is 2.47. The van der Waals surface area contributed by atoms with Crippen molar-refractivity contribution < 1.29 is 0 Å². The summed E-state index contributed by atoms with van der Waals surface area (Å²) in [6, 6.07) is 169. The second-order valence-corrected chi connectivity index (χ2v) is 32.8. The van der Waals surface area contributed by atoms with Gasteiger partial charge in [-0.1, -0.05) is 358 Å². The maximum absolute atomic E-state index is 2.47. The summed E-state index contributed by atoms with van der Waals surface area (Å²) in [5.41, 5.74) is 29.0. The summed E-state index contributed by atoms with van der Waals surface area (Å²) in [4.78, 5) is 0. The Bertz CT molecular complexity index is 8690. The van der Waals surface area contributed by atoms with Gasteiger partial charge in [-0.15, -0.1) is 0 Å². The third kappa shape index (κ3) is 11.0. The van der Waals surface area contributed by atoms with Crippen LogP contribution in [0, 0.1) is 0 Å². The molecule has 0 saturated carbocycles. The zero-order valence-electron chi connectivity index (χ0n) is 67.7. The average molecular weight is 1570 g/mol. The van der Waals surface area contributed by atoms with Crippen LogP contribution in [0.3, 0.4) is 0 Å². The molecular weight excluding hydrogens is 1500 g/mol. The smallest absolute Gasteiger partial charge is 0.0553 e. The minimum atomic E-state index is 1.13. The van der Waals surface area contributed by atoms with Gasteiger partial charge in [-0.25, -0.2) is 0 Å². The van der Waals surface area contributed by atoms with Crippen molar-refractivity contribution in [2.75, 3.05) is 0 Å². The number of rotatable bonds is 10. The molecule has 0 fully saturated rings. The Morgan fingerprint density at radius 2 is 0.347 bits per heavy atom. The van der Waals surface area contributed by atoms with E-state index in [2.05, 4.69) is 479 Å². The van der Waals surface area contributed by atoms with Gasteiger partial charge < -0.3 is 18.3 Å². The molecule has 0 saturated heterocycles. The molecule has 0 bridgehead atoms. The molecule has 0 atom stereocenters. The van der Waals surface area contributed by atoms with Gasteiger partial charge in [0.2, 0.25) is 0 Å². The number of nitrogens with zero attached hydrogens (tertiary/aromatic N) is 4. The molecule has 0 aliphatic carbocycles. The van der Waals surface area contributed by atoms with Gasteiger partial charge in [0.05, 0.1) is 44.1 Å². The zero-order valence-corrected chi connectivity index (χ0v) is 67.7. The van der Waals surface area contributed by atoms with Gasteiger partial charge in [0.1, 0.15) is 0 Å². The predicted octanol–water partition coefficient (Wildman–Crippen LogP) is 32.7. The predicted molar refractivity (Wildman–Crippen MR) is 528 cm³/mol. The molecule has 4 nitrogen and oxygen atoms in total. The summed E-state index contributed by atoms with van der Waals surface area (Å²) >= 11 is 0. The largest absolute Gasteiger partial charge is 0.309 e. The van der Waals surface area contributed by atoms with Gasteiger partial charge in [-0.2, -0.15) is 0 Å². The molecule has 4 aromatic heterocycles. The Balaban J connectivity index is 0.000000136. The SMILES string of the molecule is c1ccc(-c2c3ccccc3c(-c3ccc(-n4c5ccccc5c5c6ccccc6c(-c6ccc7c(c6)c6ccccc6n7-c6ccccc6)cc54)cc3)c3ccccc23)cc1.c1ccc(-c2c3ccccc3c(-c3ccc(-n4c5ccccc5c5c6ccccc6c(-c6ccc7c8ccccc8n(-c8ccccc8)c7c6)cc54)cc3)c3ccccc23)cc1. The first-order chi connectivity index (χ1) is 61.6. The molecule has 0 amide bonds. The summed E-state index contributed by atoms with van der Waals surface area (Å²) in [5, 5.41) is 25.2. The molecule has 22 aromatic carbocycles. The zero-order chi connectivity index (χ0) is 81.5. The summed E-state index contributed by atoms with van der Waals surface area (Å²) in [5.74, 6) is 0. The molecule has 0 N–H and O–H groups in total. The first-order valence-electron chi connectivity index (χ1n) is 42.9. The van der Waals surface area contributed by atoms with Gasteiger partial charge in [-0.3, -0.25) is 0 Å². The second kappa shape index (κ2) is 28.7. The minimum Gasteiger partial charge on any atom is -0.309 e. The summed E-state index contributed by atoms with van der Waals surface area (Å²) in [6.07, 6.45) is 0. The summed E-state index contributed by atoms with van der Waals surface area (Å²) in [6.45, 7) is 0. The van der Waals surface area contributed by atoms with Crippen molar-refractivity contribution in [1.82, 2.24) is 18.3 Å². The van der Waals surface area contributed by atoms with Crippen LogP contribution in [-0.2, 0) is 0 Å². The summed E-state index contributed by atoms with van der Waals surface area (Å²) in [7, 11) is 0. The van der Waals surface area contributed by atoms with Crippen molar-refractivity contribution in [2.45, 2.75) is 0 Å². The van der Waals surface area contributed by atoms with E-state index in [9.17, 15) is 0 Å². The fourth-order valence-corrected chi connectivity index (χ4v) is 20.9. The van der Waals surface area contributed by atoms with Crippen LogP contribution < -0.4 is 0 Å². The number of aromatic nitrogens is 4. The molecule has 0 aliphatic rings. The van der Waals surface area contributed by atoms with Crippen molar-refractivity contribution in [3.63, 3.8) is 0 Å². The molecule has 0 spiro atoms. The van der Waals surface area contributed by atoms with Crippen LogP contribution in [0.2, 0.25) is 0 Å². The molecule has 4 heteroatoms. The molecule has 0 radical (unpaired) electrons. The quantitative estimate of drug-likeness (QED) is 0.122. The van der Waals surface area contributed by atoms with E-state index in [0.29, 0.717) is 0 Å². The van der Waals surface area contributed by atoms with Crippen molar-refractivity contribution in [3.8, 4) is 89.5 Å². The highest BCUT2D eigenvalue weighted by molar-refractivity contribution is 6.28. The van der Waals surface area contributed by atoms with E-state index in [0.717, 1.165) is 17.1 Å². The van der Waals surface area contributed by atoms with Crippen LogP contribution in [0.25, 0.3) is 241 Å². The van der Waals surface area contributed by atoms with E-state index in [1.807, 2.05) is 0 Å². The molecule has 4 heterocycles. The van der Waals surface area contributed by atoms with Crippen molar-refractivity contribution in [2.24, 2.45) is 0 Å². The van der Waals surface area contributed by atoms with E-state index >= 15 is 0 Å². The van der Waals surface area contributed by atoms with Crippen LogP contribution in [-0.4, -0.2) is 18.3 Å². The number of hydrogen-bond donors (Lipinski definition) is 0. The van der Waals surface area contributed by atoms with Gasteiger partial charge in [0.25, 0.3) is 0 Å². The lowest BCUT2D eigenvalue weighted by atomic mass is 9.86. The highest BCUT2D eigenvalue weighted by atomic mass is 15.0. The highest BCUT2D eigenvalue weighted by Gasteiger charge is 2.26. The van der Waals surface area contributed by atoms with E-state index in [4.69, 9.17) is 0 Å². The van der Waals surface area contributed by atoms with Gasteiger partial charge in [0.15, 0.2) is 0 Å². The number of fused-ring (bicyclic) bond motifs is 20. The average Bonchev–Trinajstić information content (AvgIpc) is 1.43. The molecule has 124 heavy (non-hydrogen) atoms. The molecule has 26 rings (SSSR count). The van der Waals surface area contributed by atoms with Crippen molar-refractivity contribution >= 4 is 152 Å².